The Morgan fingerprint density at radius 2 is 2.00 bits per heavy atom. The highest BCUT2D eigenvalue weighted by atomic mass is 35.5. The average molecular weight is 161 g/mol. The molecule has 0 fully saturated rings. The lowest BCUT2D eigenvalue weighted by Gasteiger charge is -1.92. The first-order valence-electron chi connectivity index (χ1n) is 2.61. The van der Waals surface area contributed by atoms with Crippen molar-refractivity contribution < 1.29 is 4.39 Å². The van der Waals surface area contributed by atoms with E-state index in [-0.39, 0.29) is 5.82 Å². The van der Waals surface area contributed by atoms with E-state index in [4.69, 9.17) is 11.6 Å². The van der Waals surface area contributed by atoms with Gasteiger partial charge in [0.25, 0.3) is 0 Å². The number of rotatable bonds is 0. The molecule has 0 aliphatic carbocycles. The summed E-state index contributed by atoms with van der Waals surface area (Å²) in [6.45, 7) is 0. The van der Waals surface area contributed by atoms with Crippen molar-refractivity contribution in [1.82, 2.24) is 0 Å². The molecule has 1 rings (SSSR count). The van der Waals surface area contributed by atoms with E-state index in [1.807, 2.05) is 0 Å². The molecule has 0 radical (unpaired) electrons. The Morgan fingerprint density at radius 3 is 2.44 bits per heavy atom. The van der Waals surface area contributed by atoms with Gasteiger partial charge in [-0.3, -0.25) is 0 Å². The van der Waals surface area contributed by atoms with Crippen molar-refractivity contribution in [2.75, 3.05) is 0 Å². The molecule has 1 aromatic rings. The third-order valence-electron chi connectivity index (χ3n) is 1.01. The van der Waals surface area contributed by atoms with Crippen molar-refractivity contribution in [2.24, 2.45) is 0 Å². The Kier molecular flexibility index (Phi) is 1.88. The SMILES string of the molecule is Fc1cc([SiH3])cc(Cl)c1. The Labute approximate surface area is 61.1 Å². The van der Waals surface area contributed by atoms with Crippen LogP contribution in [0.1, 0.15) is 0 Å². The van der Waals surface area contributed by atoms with Crippen molar-refractivity contribution >= 4 is 27.0 Å². The van der Waals surface area contributed by atoms with E-state index < -0.39 is 0 Å². The van der Waals surface area contributed by atoms with E-state index in [0.717, 1.165) is 15.4 Å². The summed E-state index contributed by atoms with van der Waals surface area (Å²) in [5.74, 6) is -0.243. The highest BCUT2D eigenvalue weighted by Gasteiger charge is 1.92. The largest absolute Gasteiger partial charge is 0.207 e. The van der Waals surface area contributed by atoms with Crippen LogP contribution in [0, 0.1) is 5.82 Å². The monoisotopic (exact) mass is 160 g/mol. The standard InChI is InChI=1S/C6H6ClFSi/c7-4-1-5(8)3-6(9)2-4/h1-3H,9H3. The second kappa shape index (κ2) is 2.50. The molecule has 0 saturated carbocycles. The summed E-state index contributed by atoms with van der Waals surface area (Å²) in [4.78, 5) is 0. The topological polar surface area (TPSA) is 0 Å². The van der Waals surface area contributed by atoms with E-state index in [2.05, 4.69) is 0 Å². The van der Waals surface area contributed by atoms with Gasteiger partial charge in [-0.1, -0.05) is 16.8 Å². The second-order valence-corrected chi connectivity index (χ2v) is 3.54. The molecule has 48 valence electrons. The zero-order valence-electron chi connectivity index (χ0n) is 4.99. The third-order valence-corrected chi connectivity index (χ3v) is 1.80. The lowest BCUT2D eigenvalue weighted by molar-refractivity contribution is 0.629. The van der Waals surface area contributed by atoms with Gasteiger partial charge in [0.1, 0.15) is 5.82 Å². The van der Waals surface area contributed by atoms with Gasteiger partial charge < -0.3 is 0 Å². The van der Waals surface area contributed by atoms with Crippen molar-refractivity contribution in [3.8, 4) is 0 Å². The third kappa shape index (κ3) is 1.80. The molecule has 3 heteroatoms. The maximum Gasteiger partial charge on any atom is 0.124 e. The van der Waals surface area contributed by atoms with E-state index in [9.17, 15) is 4.39 Å². The normalized spacial score (nSPS) is 10.0. The fourth-order valence-corrected chi connectivity index (χ4v) is 1.74. The minimum absolute atomic E-state index is 0.243. The molecule has 0 bridgehead atoms. The Balaban J connectivity index is 3.17. The van der Waals surface area contributed by atoms with Crippen LogP contribution < -0.4 is 5.19 Å². The van der Waals surface area contributed by atoms with Crippen molar-refractivity contribution in [3.63, 3.8) is 0 Å². The zero-order chi connectivity index (χ0) is 6.85. The van der Waals surface area contributed by atoms with Gasteiger partial charge in [-0.25, -0.2) is 4.39 Å². The summed E-state index contributed by atoms with van der Waals surface area (Å²) in [6.07, 6.45) is 0. The predicted molar refractivity (Wildman–Crippen MR) is 41.0 cm³/mol. The van der Waals surface area contributed by atoms with Crippen LogP contribution in [0.3, 0.4) is 0 Å². The van der Waals surface area contributed by atoms with E-state index in [1.54, 1.807) is 6.07 Å². The van der Waals surface area contributed by atoms with Crippen LogP contribution in [0.15, 0.2) is 18.2 Å². The van der Waals surface area contributed by atoms with Crippen LogP contribution in [0.25, 0.3) is 0 Å². The molecule has 0 N–H and O–H groups in total. The fraction of sp³-hybridized carbons (Fsp3) is 0. The molecule has 9 heavy (non-hydrogen) atoms. The predicted octanol–water partition coefficient (Wildman–Crippen LogP) is 0.470. The van der Waals surface area contributed by atoms with Gasteiger partial charge in [-0.2, -0.15) is 0 Å². The Bertz CT molecular complexity index is 174. The van der Waals surface area contributed by atoms with Gasteiger partial charge in [0.15, 0.2) is 0 Å². The van der Waals surface area contributed by atoms with E-state index in [1.165, 1.54) is 12.1 Å². The second-order valence-electron chi connectivity index (χ2n) is 1.95. The molecule has 0 aliphatic heterocycles. The highest BCUT2D eigenvalue weighted by Crippen LogP contribution is 2.06. The molecular formula is C6H6ClFSi. The minimum atomic E-state index is -0.243. The van der Waals surface area contributed by atoms with Gasteiger partial charge in [0.2, 0.25) is 0 Å². The summed E-state index contributed by atoms with van der Waals surface area (Å²) >= 11 is 5.53. The molecule has 0 saturated heterocycles. The summed E-state index contributed by atoms with van der Waals surface area (Å²) in [6, 6.07) is 4.58. The molecule has 0 aromatic heterocycles. The van der Waals surface area contributed by atoms with Crippen LogP contribution >= 0.6 is 11.6 Å². The summed E-state index contributed by atoms with van der Waals surface area (Å²) < 4.78 is 12.4. The Hall–Kier alpha value is -0.343. The molecule has 0 spiro atoms. The average Bonchev–Trinajstić information content (AvgIpc) is 1.59. The highest BCUT2D eigenvalue weighted by molar-refractivity contribution is 6.36. The van der Waals surface area contributed by atoms with Crippen LogP contribution in [-0.2, 0) is 0 Å². The molecule has 0 atom stereocenters. The van der Waals surface area contributed by atoms with Crippen LogP contribution in [0.4, 0.5) is 4.39 Å². The van der Waals surface area contributed by atoms with Crippen LogP contribution in [0.5, 0.6) is 0 Å². The molecule has 1 aromatic carbocycles. The number of hydrogen-bond acceptors (Lipinski definition) is 0. The lowest BCUT2D eigenvalue weighted by Crippen LogP contribution is -2.01. The Morgan fingerprint density at radius 1 is 1.33 bits per heavy atom. The van der Waals surface area contributed by atoms with Gasteiger partial charge >= 0.3 is 0 Å². The van der Waals surface area contributed by atoms with E-state index >= 15 is 0 Å². The molecule has 0 amide bonds. The smallest absolute Gasteiger partial charge is 0.124 e. The van der Waals surface area contributed by atoms with Crippen LogP contribution in [0.2, 0.25) is 5.02 Å². The first-order valence-corrected chi connectivity index (χ1v) is 3.99. The number of hydrogen-bond donors (Lipinski definition) is 0. The van der Waals surface area contributed by atoms with Gasteiger partial charge in [-0.15, -0.1) is 0 Å². The fourth-order valence-electron chi connectivity index (χ4n) is 0.692. The van der Waals surface area contributed by atoms with Crippen molar-refractivity contribution in [1.29, 1.82) is 0 Å². The lowest BCUT2D eigenvalue weighted by atomic mass is 10.3. The zero-order valence-corrected chi connectivity index (χ0v) is 7.74. The maximum atomic E-state index is 12.4. The summed E-state index contributed by atoms with van der Waals surface area (Å²) in [5, 5.41) is 1.47. The molecule has 0 nitrogen and oxygen atoms in total. The molecular weight excluding hydrogens is 155 g/mol. The number of halogens is 2. The van der Waals surface area contributed by atoms with Gasteiger partial charge in [0.05, 0.1) is 0 Å². The molecule has 0 heterocycles. The van der Waals surface area contributed by atoms with Gasteiger partial charge in [-0.05, 0) is 18.2 Å². The van der Waals surface area contributed by atoms with E-state index in [0.29, 0.717) is 5.02 Å². The first kappa shape index (κ1) is 6.77. The maximum absolute atomic E-state index is 12.4. The minimum Gasteiger partial charge on any atom is -0.207 e. The van der Waals surface area contributed by atoms with Crippen molar-refractivity contribution in [2.45, 2.75) is 0 Å². The summed E-state index contributed by atoms with van der Waals surface area (Å²) in [7, 11) is 0.847. The first-order chi connectivity index (χ1) is 4.18. The number of benzene rings is 1. The van der Waals surface area contributed by atoms with Gasteiger partial charge in [0, 0.05) is 15.3 Å². The molecule has 0 unspecified atom stereocenters. The van der Waals surface area contributed by atoms with Crippen LogP contribution in [-0.4, -0.2) is 10.2 Å². The summed E-state index contributed by atoms with van der Waals surface area (Å²) in [5.41, 5.74) is 0. The van der Waals surface area contributed by atoms with Crippen molar-refractivity contribution in [3.05, 3.63) is 29.0 Å². The quantitative estimate of drug-likeness (QED) is 0.484. The molecule has 0 aliphatic rings.